The van der Waals surface area contributed by atoms with E-state index < -0.39 is 37.6 Å². The zero-order valence-corrected chi connectivity index (χ0v) is 9.37. The van der Waals surface area contributed by atoms with E-state index in [1.165, 1.54) is 0 Å². The van der Waals surface area contributed by atoms with Crippen LogP contribution in [-0.2, 0) is 0 Å². The molecule has 0 aliphatic carbocycles. The number of aliphatic hydroxyl groups excluding tert-OH is 5. The van der Waals surface area contributed by atoms with Gasteiger partial charge in [-0.25, -0.2) is 0 Å². The molecule has 0 bridgehead atoms. The summed E-state index contributed by atoms with van der Waals surface area (Å²) in [5.74, 6) is 0. The fourth-order valence-corrected chi connectivity index (χ4v) is 0.662. The van der Waals surface area contributed by atoms with Crippen molar-refractivity contribution in [3.05, 3.63) is 0 Å². The molecule has 0 radical (unpaired) electrons. The van der Waals surface area contributed by atoms with Crippen molar-refractivity contribution in [1.82, 2.24) is 0 Å². The van der Waals surface area contributed by atoms with E-state index >= 15 is 0 Å². The Balaban J connectivity index is 0. The van der Waals surface area contributed by atoms with E-state index in [1.807, 2.05) is 0 Å². The van der Waals surface area contributed by atoms with Gasteiger partial charge in [-0.3, -0.25) is 0 Å². The Kier molecular flexibility index (Phi) is 10.1. The first-order valence-corrected chi connectivity index (χ1v) is 3.45. The monoisotopic (exact) mass is 204 g/mol. The Morgan fingerprint density at radius 3 is 1.62 bits per heavy atom. The fourth-order valence-electron chi connectivity index (χ4n) is 0.662. The summed E-state index contributed by atoms with van der Waals surface area (Å²) >= 11 is 0. The van der Waals surface area contributed by atoms with Gasteiger partial charge in [-0.1, -0.05) is 0 Å². The molecule has 74 valence electrons. The molecule has 0 aromatic heterocycles. The van der Waals surface area contributed by atoms with Crippen LogP contribution in [0.4, 0.5) is 0 Å². The minimum absolute atomic E-state index is 0. The van der Waals surface area contributed by atoms with Gasteiger partial charge in [0.1, 0.15) is 18.3 Å². The fraction of sp³-hybridized carbons (Fsp3) is 1.00. The summed E-state index contributed by atoms with van der Waals surface area (Å²) in [5.41, 5.74) is 0. The largest absolute Gasteiger partial charge is 1.00 e. The Bertz CT molecular complexity index is 110. The minimum Gasteiger partial charge on any atom is -0.853 e. The molecule has 0 amide bonds. The van der Waals surface area contributed by atoms with Crippen LogP contribution in [0.1, 0.15) is 0 Å². The number of hydrogen-bond donors (Lipinski definition) is 5. The Morgan fingerprint density at radius 1 is 0.923 bits per heavy atom. The van der Waals surface area contributed by atoms with Gasteiger partial charge in [0.15, 0.2) is 0 Å². The molecular formula is C6H13NaO6. The zero-order valence-electron chi connectivity index (χ0n) is 7.37. The van der Waals surface area contributed by atoms with Crippen molar-refractivity contribution >= 4 is 0 Å². The van der Waals surface area contributed by atoms with Crippen LogP contribution in [-0.4, -0.2) is 63.2 Å². The molecule has 0 aliphatic rings. The van der Waals surface area contributed by atoms with Crippen LogP contribution in [0.25, 0.3) is 0 Å². The predicted octanol–water partition coefficient (Wildman–Crippen LogP) is -7.21. The van der Waals surface area contributed by atoms with E-state index in [0.717, 1.165) is 0 Å². The molecule has 0 rings (SSSR count). The molecule has 7 heteroatoms. The molecule has 0 aliphatic heterocycles. The van der Waals surface area contributed by atoms with Crippen molar-refractivity contribution in [3.63, 3.8) is 0 Å². The summed E-state index contributed by atoms with van der Waals surface area (Å²) in [6, 6.07) is 0. The summed E-state index contributed by atoms with van der Waals surface area (Å²) in [6.07, 6.45) is -6.63. The molecule has 0 aromatic carbocycles. The van der Waals surface area contributed by atoms with Crippen LogP contribution in [0.15, 0.2) is 0 Å². The molecule has 5 N–H and O–H groups in total. The molecule has 0 spiro atoms. The van der Waals surface area contributed by atoms with Crippen molar-refractivity contribution in [2.75, 3.05) is 13.2 Å². The normalized spacial score (nSPS) is 19.8. The van der Waals surface area contributed by atoms with Gasteiger partial charge in [-0.05, 0) is 0 Å². The second-order valence-electron chi connectivity index (χ2n) is 2.47. The van der Waals surface area contributed by atoms with Gasteiger partial charge in [-0.2, -0.15) is 0 Å². The first kappa shape index (κ1) is 16.2. The minimum atomic E-state index is -1.73. The van der Waals surface area contributed by atoms with Crippen LogP contribution < -0.4 is 34.7 Å². The van der Waals surface area contributed by atoms with Gasteiger partial charge in [-0.15, -0.1) is 6.61 Å². The van der Waals surface area contributed by atoms with Crippen LogP contribution in [0.3, 0.4) is 0 Å². The quantitative estimate of drug-likeness (QED) is 0.283. The molecular weight excluding hydrogens is 191 g/mol. The summed E-state index contributed by atoms with van der Waals surface area (Å²) in [7, 11) is 0. The summed E-state index contributed by atoms with van der Waals surface area (Å²) in [5, 5.41) is 53.7. The van der Waals surface area contributed by atoms with Crippen LogP contribution in [0.2, 0.25) is 0 Å². The van der Waals surface area contributed by atoms with Gasteiger partial charge < -0.3 is 30.6 Å². The Morgan fingerprint density at radius 2 is 1.31 bits per heavy atom. The van der Waals surface area contributed by atoms with E-state index in [4.69, 9.17) is 25.5 Å². The summed E-state index contributed by atoms with van der Waals surface area (Å²) < 4.78 is 0. The topological polar surface area (TPSA) is 124 Å². The number of aliphatic hydroxyl groups is 5. The van der Waals surface area contributed by atoms with Crippen LogP contribution in [0.5, 0.6) is 0 Å². The molecule has 0 saturated heterocycles. The van der Waals surface area contributed by atoms with Crippen LogP contribution >= 0.6 is 0 Å². The van der Waals surface area contributed by atoms with Crippen molar-refractivity contribution in [3.8, 4) is 0 Å². The van der Waals surface area contributed by atoms with Crippen molar-refractivity contribution < 1.29 is 60.2 Å². The second-order valence-corrected chi connectivity index (χ2v) is 2.47. The van der Waals surface area contributed by atoms with E-state index in [2.05, 4.69) is 0 Å². The van der Waals surface area contributed by atoms with Crippen molar-refractivity contribution in [2.45, 2.75) is 24.4 Å². The summed E-state index contributed by atoms with van der Waals surface area (Å²) in [6.45, 7) is -1.72. The van der Waals surface area contributed by atoms with Crippen molar-refractivity contribution in [2.24, 2.45) is 0 Å². The smallest absolute Gasteiger partial charge is 0.853 e. The molecule has 0 fully saturated rings. The van der Waals surface area contributed by atoms with Gasteiger partial charge >= 0.3 is 29.6 Å². The predicted molar refractivity (Wildman–Crippen MR) is 36.0 cm³/mol. The SMILES string of the molecule is [Na+].[O-]C[C@H](O)[C@@H](O)[C@H](O)[C@H](O)CO. The average Bonchev–Trinajstić information content (AvgIpc) is 2.12. The molecule has 0 heterocycles. The maximum Gasteiger partial charge on any atom is 1.00 e. The number of hydrogen-bond acceptors (Lipinski definition) is 6. The average molecular weight is 204 g/mol. The Labute approximate surface area is 97.7 Å². The standard InChI is InChI=1S/C6H13O6.Na/c7-1-3(9)5(11)6(12)4(10)2-8;/h3-7,9-12H,1-2H2;/q-1;+1/t3-,4+,5-,6-;/m1./s1. The zero-order chi connectivity index (χ0) is 9.72. The van der Waals surface area contributed by atoms with Crippen LogP contribution in [0, 0.1) is 0 Å². The van der Waals surface area contributed by atoms with E-state index in [9.17, 15) is 5.11 Å². The Hall–Kier alpha value is 0.760. The van der Waals surface area contributed by atoms with Gasteiger partial charge in [0.2, 0.25) is 0 Å². The molecule has 6 nitrogen and oxygen atoms in total. The second kappa shape index (κ2) is 8.10. The molecule has 4 atom stereocenters. The third-order valence-electron chi connectivity index (χ3n) is 1.50. The molecule has 13 heavy (non-hydrogen) atoms. The number of rotatable bonds is 5. The first-order chi connectivity index (χ1) is 5.54. The third-order valence-corrected chi connectivity index (χ3v) is 1.50. The maximum atomic E-state index is 10.0. The van der Waals surface area contributed by atoms with Crippen molar-refractivity contribution in [1.29, 1.82) is 0 Å². The molecule has 0 aromatic rings. The van der Waals surface area contributed by atoms with Gasteiger partial charge in [0, 0.05) is 0 Å². The van der Waals surface area contributed by atoms with Gasteiger partial charge in [0.05, 0.1) is 12.7 Å². The summed E-state index contributed by atoms with van der Waals surface area (Å²) in [4.78, 5) is 0. The first-order valence-electron chi connectivity index (χ1n) is 3.45. The van der Waals surface area contributed by atoms with E-state index in [1.54, 1.807) is 0 Å². The third kappa shape index (κ3) is 5.26. The molecule has 0 unspecified atom stereocenters. The van der Waals surface area contributed by atoms with Gasteiger partial charge in [0.25, 0.3) is 0 Å². The maximum absolute atomic E-state index is 10.0. The van der Waals surface area contributed by atoms with E-state index in [0.29, 0.717) is 0 Å². The van der Waals surface area contributed by atoms with E-state index in [-0.39, 0.29) is 29.6 Å². The molecule has 0 saturated carbocycles.